The van der Waals surface area contributed by atoms with E-state index in [4.69, 9.17) is 9.15 Å². The number of hydrogen-bond acceptors (Lipinski definition) is 5. The highest BCUT2D eigenvalue weighted by Crippen LogP contribution is 2.24. The molecule has 2 saturated heterocycles. The number of ether oxygens (including phenoxy) is 1. The lowest BCUT2D eigenvalue weighted by molar-refractivity contribution is -0.0212. The number of furan rings is 1. The van der Waals surface area contributed by atoms with E-state index in [-0.39, 0.29) is 30.0 Å². The second kappa shape index (κ2) is 13.3. The largest absolute Gasteiger partial charge is 0.468 e. The standard InChI is InChI=1S/C25H37N5O2.HI/c1-20-18-29(12-14-31-20)19-22-8-5-7-21(15-22)16-27-25(26-2)28-17-23(24-9-6-13-32-24)30-10-3-4-11-30;/h5-9,13,15,20,23H,3-4,10-12,14,16-19H2,1-2H3,(H2,26,27,28);1H. The Morgan fingerprint density at radius 1 is 1.12 bits per heavy atom. The molecule has 2 N–H and O–H groups in total. The minimum absolute atomic E-state index is 0. The summed E-state index contributed by atoms with van der Waals surface area (Å²) >= 11 is 0. The van der Waals surface area contributed by atoms with E-state index < -0.39 is 0 Å². The summed E-state index contributed by atoms with van der Waals surface area (Å²) in [5, 5.41) is 6.98. The highest BCUT2D eigenvalue weighted by atomic mass is 127. The van der Waals surface area contributed by atoms with Gasteiger partial charge in [0.15, 0.2) is 5.96 Å². The molecule has 2 fully saturated rings. The number of morpholine rings is 1. The molecule has 0 aliphatic carbocycles. The van der Waals surface area contributed by atoms with Crippen LogP contribution in [0.5, 0.6) is 0 Å². The van der Waals surface area contributed by atoms with Gasteiger partial charge in [-0.25, -0.2) is 0 Å². The van der Waals surface area contributed by atoms with Gasteiger partial charge in [-0.15, -0.1) is 24.0 Å². The van der Waals surface area contributed by atoms with Crippen molar-refractivity contribution in [3.63, 3.8) is 0 Å². The minimum Gasteiger partial charge on any atom is -0.468 e. The van der Waals surface area contributed by atoms with Crippen molar-refractivity contribution >= 4 is 29.9 Å². The van der Waals surface area contributed by atoms with E-state index >= 15 is 0 Å². The van der Waals surface area contributed by atoms with Crippen LogP contribution in [0.4, 0.5) is 0 Å². The maximum absolute atomic E-state index is 5.73. The number of nitrogens with one attached hydrogen (secondary N) is 2. The van der Waals surface area contributed by atoms with Crippen molar-refractivity contribution in [2.75, 3.05) is 46.4 Å². The smallest absolute Gasteiger partial charge is 0.191 e. The number of halogens is 1. The summed E-state index contributed by atoms with van der Waals surface area (Å²) in [5.74, 6) is 1.83. The lowest BCUT2D eigenvalue weighted by atomic mass is 10.1. The van der Waals surface area contributed by atoms with Crippen LogP contribution in [0, 0.1) is 0 Å². The Bertz CT molecular complexity index is 854. The Balaban J connectivity index is 0.00000306. The molecule has 2 aliphatic rings. The van der Waals surface area contributed by atoms with E-state index in [1.54, 1.807) is 6.26 Å². The average molecular weight is 568 g/mol. The molecule has 0 saturated carbocycles. The van der Waals surface area contributed by atoms with Gasteiger partial charge >= 0.3 is 0 Å². The van der Waals surface area contributed by atoms with E-state index in [0.717, 1.165) is 64.1 Å². The first-order valence-corrected chi connectivity index (χ1v) is 11.8. The first kappa shape index (κ1) is 26.0. The Hall–Kier alpha value is -1.62. The van der Waals surface area contributed by atoms with E-state index in [0.29, 0.717) is 6.10 Å². The van der Waals surface area contributed by atoms with Crippen LogP contribution in [0.3, 0.4) is 0 Å². The number of likely N-dealkylation sites (tertiary alicyclic amines) is 1. The van der Waals surface area contributed by atoms with Crippen LogP contribution in [0.25, 0.3) is 0 Å². The van der Waals surface area contributed by atoms with Crippen LogP contribution in [0.2, 0.25) is 0 Å². The fourth-order valence-electron chi connectivity index (χ4n) is 4.67. The molecule has 0 amide bonds. The van der Waals surface area contributed by atoms with Gasteiger partial charge in [0.2, 0.25) is 0 Å². The number of guanidine groups is 1. The molecular formula is C25H38IN5O2. The third-order valence-corrected chi connectivity index (χ3v) is 6.32. The van der Waals surface area contributed by atoms with Gasteiger partial charge < -0.3 is 19.8 Å². The van der Waals surface area contributed by atoms with Gasteiger partial charge in [0.25, 0.3) is 0 Å². The topological polar surface area (TPSA) is 65.3 Å². The summed E-state index contributed by atoms with van der Waals surface area (Å²) < 4.78 is 11.4. The van der Waals surface area contributed by atoms with E-state index in [2.05, 4.69) is 62.7 Å². The first-order valence-electron chi connectivity index (χ1n) is 11.8. The zero-order chi connectivity index (χ0) is 22.2. The van der Waals surface area contributed by atoms with E-state index in [9.17, 15) is 0 Å². The quantitative estimate of drug-likeness (QED) is 0.289. The molecule has 2 aromatic rings. The molecule has 4 rings (SSSR count). The molecule has 0 spiro atoms. The van der Waals surface area contributed by atoms with Crippen LogP contribution in [-0.4, -0.2) is 68.2 Å². The van der Waals surface area contributed by atoms with Crippen LogP contribution < -0.4 is 10.6 Å². The normalized spacial score (nSPS) is 20.9. The molecule has 1 aromatic carbocycles. The van der Waals surface area contributed by atoms with Crippen LogP contribution in [0.1, 0.15) is 42.7 Å². The Labute approximate surface area is 215 Å². The molecule has 8 heteroatoms. The zero-order valence-electron chi connectivity index (χ0n) is 19.8. The molecule has 0 bridgehead atoms. The number of benzene rings is 1. The van der Waals surface area contributed by atoms with Crippen molar-refractivity contribution in [3.05, 3.63) is 59.5 Å². The molecule has 182 valence electrons. The van der Waals surface area contributed by atoms with Crippen molar-refractivity contribution in [2.24, 2.45) is 4.99 Å². The summed E-state index contributed by atoms with van der Waals surface area (Å²) in [5.41, 5.74) is 2.60. The third-order valence-electron chi connectivity index (χ3n) is 6.32. The maximum Gasteiger partial charge on any atom is 0.191 e. The summed E-state index contributed by atoms with van der Waals surface area (Å²) in [7, 11) is 1.82. The second-order valence-corrected chi connectivity index (χ2v) is 8.82. The van der Waals surface area contributed by atoms with E-state index in [1.807, 2.05) is 13.1 Å². The van der Waals surface area contributed by atoms with Crippen molar-refractivity contribution < 1.29 is 9.15 Å². The van der Waals surface area contributed by atoms with Crippen LogP contribution in [-0.2, 0) is 17.8 Å². The third kappa shape index (κ3) is 7.70. The summed E-state index contributed by atoms with van der Waals surface area (Å²) in [6, 6.07) is 13.1. The van der Waals surface area contributed by atoms with Gasteiger partial charge in [-0.05, 0) is 56.1 Å². The Morgan fingerprint density at radius 3 is 2.67 bits per heavy atom. The summed E-state index contributed by atoms with van der Waals surface area (Å²) in [4.78, 5) is 9.39. The van der Waals surface area contributed by atoms with Gasteiger partial charge in [0.1, 0.15) is 5.76 Å². The maximum atomic E-state index is 5.73. The highest BCUT2D eigenvalue weighted by molar-refractivity contribution is 14.0. The molecule has 2 atom stereocenters. The predicted octanol–water partition coefficient (Wildman–Crippen LogP) is 3.62. The average Bonchev–Trinajstić information content (AvgIpc) is 3.51. The van der Waals surface area contributed by atoms with Crippen molar-refractivity contribution in [1.29, 1.82) is 0 Å². The fraction of sp³-hybridized carbons (Fsp3) is 0.560. The first-order chi connectivity index (χ1) is 15.7. The number of rotatable bonds is 8. The Kier molecular flexibility index (Phi) is 10.5. The van der Waals surface area contributed by atoms with Gasteiger partial charge in [-0.2, -0.15) is 0 Å². The predicted molar refractivity (Wildman–Crippen MR) is 143 cm³/mol. The molecule has 1 aromatic heterocycles. The van der Waals surface area contributed by atoms with Crippen molar-refractivity contribution in [2.45, 2.75) is 45.0 Å². The molecule has 2 aliphatic heterocycles. The summed E-state index contributed by atoms with van der Waals surface area (Å²) in [6.45, 7) is 9.66. The molecule has 0 radical (unpaired) electrons. The van der Waals surface area contributed by atoms with Crippen LogP contribution in [0.15, 0.2) is 52.1 Å². The van der Waals surface area contributed by atoms with Crippen molar-refractivity contribution in [1.82, 2.24) is 20.4 Å². The minimum atomic E-state index is 0. The van der Waals surface area contributed by atoms with E-state index in [1.165, 1.54) is 24.0 Å². The second-order valence-electron chi connectivity index (χ2n) is 8.82. The van der Waals surface area contributed by atoms with Gasteiger partial charge in [-0.1, -0.05) is 24.3 Å². The zero-order valence-corrected chi connectivity index (χ0v) is 22.2. The van der Waals surface area contributed by atoms with Gasteiger partial charge in [0.05, 0.1) is 25.0 Å². The molecular weight excluding hydrogens is 529 g/mol. The monoisotopic (exact) mass is 567 g/mol. The lowest BCUT2D eigenvalue weighted by Crippen LogP contribution is -2.42. The fourth-order valence-corrected chi connectivity index (χ4v) is 4.67. The molecule has 2 unspecified atom stereocenters. The number of nitrogens with zero attached hydrogens (tertiary/aromatic N) is 3. The van der Waals surface area contributed by atoms with Gasteiger partial charge in [-0.3, -0.25) is 14.8 Å². The lowest BCUT2D eigenvalue weighted by Gasteiger charge is -2.31. The SMILES string of the molecule is CN=C(NCc1cccc(CN2CCOC(C)C2)c1)NCC(c1ccco1)N1CCCC1.I. The molecule has 7 nitrogen and oxygen atoms in total. The van der Waals surface area contributed by atoms with Crippen LogP contribution >= 0.6 is 24.0 Å². The van der Waals surface area contributed by atoms with Gasteiger partial charge in [0, 0.05) is 39.8 Å². The molecule has 3 heterocycles. The highest BCUT2D eigenvalue weighted by Gasteiger charge is 2.25. The van der Waals surface area contributed by atoms with Crippen molar-refractivity contribution in [3.8, 4) is 0 Å². The number of hydrogen-bond donors (Lipinski definition) is 2. The Morgan fingerprint density at radius 2 is 1.94 bits per heavy atom. The summed E-state index contributed by atoms with van der Waals surface area (Å²) in [6.07, 6.45) is 4.58. The molecule has 33 heavy (non-hydrogen) atoms. The number of aliphatic imine (C=N–C) groups is 1.